The zero-order valence-electron chi connectivity index (χ0n) is 14.1. The average Bonchev–Trinajstić information content (AvgIpc) is 2.57. The van der Waals surface area contributed by atoms with Crippen LogP contribution in [0.5, 0.6) is 5.75 Å². The van der Waals surface area contributed by atoms with Crippen molar-refractivity contribution in [3.8, 4) is 5.75 Å². The fourth-order valence-corrected chi connectivity index (χ4v) is 2.06. The maximum atomic E-state index is 12.1. The summed E-state index contributed by atoms with van der Waals surface area (Å²) in [5.74, 6) is 0.131. The second-order valence-corrected chi connectivity index (χ2v) is 4.98. The molecule has 0 aromatic heterocycles. The first-order valence-corrected chi connectivity index (χ1v) is 8.02. The Morgan fingerprint density at radius 2 is 1.96 bits per heavy atom. The SMILES string of the molecule is CCCOc1ccc(C(=O)OCCN(CC)CC)cc1NC=O. The Morgan fingerprint density at radius 3 is 2.57 bits per heavy atom. The van der Waals surface area contributed by atoms with Gasteiger partial charge in [-0.3, -0.25) is 4.79 Å². The number of hydrogen-bond donors (Lipinski definition) is 1. The molecule has 0 bridgehead atoms. The number of amides is 1. The van der Waals surface area contributed by atoms with Crippen LogP contribution in [0.3, 0.4) is 0 Å². The molecule has 0 radical (unpaired) electrons. The molecule has 0 spiro atoms. The standard InChI is InChI=1S/C17H26N2O4/c1-4-10-22-16-8-7-14(12-15(16)18-13-20)17(21)23-11-9-19(5-2)6-3/h7-8,12-13H,4-6,9-11H2,1-3H3,(H,18,20). The maximum Gasteiger partial charge on any atom is 0.338 e. The summed E-state index contributed by atoms with van der Waals surface area (Å²) in [6.45, 7) is 9.56. The molecule has 0 heterocycles. The van der Waals surface area contributed by atoms with Gasteiger partial charge in [0.25, 0.3) is 0 Å². The Balaban J connectivity index is 2.69. The summed E-state index contributed by atoms with van der Waals surface area (Å²) in [7, 11) is 0. The lowest BCUT2D eigenvalue weighted by molar-refractivity contribution is -0.105. The molecule has 1 amide bonds. The predicted octanol–water partition coefficient (Wildman–Crippen LogP) is 2.54. The normalized spacial score (nSPS) is 10.4. The zero-order chi connectivity index (χ0) is 17.1. The Kier molecular flexibility index (Phi) is 8.75. The molecule has 0 unspecified atom stereocenters. The van der Waals surface area contributed by atoms with Gasteiger partial charge in [0.15, 0.2) is 0 Å². The third-order valence-corrected chi connectivity index (χ3v) is 3.43. The quantitative estimate of drug-likeness (QED) is 0.501. The molecule has 0 atom stereocenters. The third-order valence-electron chi connectivity index (χ3n) is 3.43. The summed E-state index contributed by atoms with van der Waals surface area (Å²) in [6, 6.07) is 4.88. The second kappa shape index (κ2) is 10.6. The van der Waals surface area contributed by atoms with Crippen molar-refractivity contribution in [2.45, 2.75) is 27.2 Å². The highest BCUT2D eigenvalue weighted by Gasteiger charge is 2.12. The first kappa shape index (κ1) is 19.0. The van der Waals surface area contributed by atoms with E-state index in [1.54, 1.807) is 18.2 Å². The van der Waals surface area contributed by atoms with Crippen LogP contribution in [-0.2, 0) is 9.53 Å². The van der Waals surface area contributed by atoms with Gasteiger partial charge in [-0.25, -0.2) is 4.79 Å². The van der Waals surface area contributed by atoms with E-state index in [9.17, 15) is 9.59 Å². The van der Waals surface area contributed by atoms with Crippen molar-refractivity contribution in [3.05, 3.63) is 23.8 Å². The van der Waals surface area contributed by atoms with Crippen LogP contribution in [0.25, 0.3) is 0 Å². The number of nitrogens with zero attached hydrogens (tertiary/aromatic N) is 1. The molecule has 0 saturated heterocycles. The van der Waals surface area contributed by atoms with Crippen molar-refractivity contribution in [1.29, 1.82) is 0 Å². The van der Waals surface area contributed by atoms with Gasteiger partial charge >= 0.3 is 5.97 Å². The van der Waals surface area contributed by atoms with Gasteiger partial charge in [-0.05, 0) is 37.7 Å². The summed E-state index contributed by atoms with van der Waals surface area (Å²) in [4.78, 5) is 25.0. The van der Waals surface area contributed by atoms with Gasteiger partial charge < -0.3 is 19.7 Å². The highest BCUT2D eigenvalue weighted by molar-refractivity contribution is 5.92. The summed E-state index contributed by atoms with van der Waals surface area (Å²) < 4.78 is 10.8. The minimum Gasteiger partial charge on any atom is -0.491 e. The summed E-state index contributed by atoms with van der Waals surface area (Å²) in [6.07, 6.45) is 1.42. The highest BCUT2D eigenvalue weighted by Crippen LogP contribution is 2.26. The van der Waals surface area contributed by atoms with Crippen LogP contribution in [0.2, 0.25) is 0 Å². The molecule has 6 nitrogen and oxygen atoms in total. The van der Waals surface area contributed by atoms with Gasteiger partial charge in [-0.2, -0.15) is 0 Å². The Bertz CT molecular complexity index is 501. The lowest BCUT2D eigenvalue weighted by Crippen LogP contribution is -2.27. The second-order valence-electron chi connectivity index (χ2n) is 4.98. The minimum atomic E-state index is -0.409. The lowest BCUT2D eigenvalue weighted by Gasteiger charge is -2.17. The molecule has 0 aliphatic rings. The largest absolute Gasteiger partial charge is 0.491 e. The van der Waals surface area contributed by atoms with Crippen LogP contribution in [-0.4, -0.2) is 50.1 Å². The monoisotopic (exact) mass is 322 g/mol. The first-order valence-electron chi connectivity index (χ1n) is 8.02. The van der Waals surface area contributed by atoms with E-state index in [0.717, 1.165) is 19.5 Å². The summed E-state index contributed by atoms with van der Waals surface area (Å²) in [5.41, 5.74) is 0.851. The van der Waals surface area contributed by atoms with Crippen molar-refractivity contribution >= 4 is 18.1 Å². The number of carbonyl (C=O) groups is 2. The van der Waals surface area contributed by atoms with Gasteiger partial charge in [-0.15, -0.1) is 0 Å². The molecule has 6 heteroatoms. The minimum absolute atomic E-state index is 0.338. The molecular weight excluding hydrogens is 296 g/mol. The van der Waals surface area contributed by atoms with Crippen molar-refractivity contribution in [3.63, 3.8) is 0 Å². The Labute approximate surface area is 137 Å². The maximum absolute atomic E-state index is 12.1. The van der Waals surface area contributed by atoms with E-state index in [0.29, 0.717) is 43.2 Å². The number of hydrogen-bond acceptors (Lipinski definition) is 5. The molecule has 1 rings (SSSR count). The molecule has 0 aliphatic carbocycles. The van der Waals surface area contributed by atoms with Gasteiger partial charge in [-0.1, -0.05) is 20.8 Å². The average molecular weight is 322 g/mol. The van der Waals surface area contributed by atoms with Crippen LogP contribution in [0, 0.1) is 0 Å². The molecular formula is C17H26N2O4. The van der Waals surface area contributed by atoms with Gasteiger partial charge in [0.05, 0.1) is 17.9 Å². The van der Waals surface area contributed by atoms with E-state index in [1.165, 1.54) is 0 Å². The number of rotatable bonds is 11. The third kappa shape index (κ3) is 6.28. The number of carbonyl (C=O) groups excluding carboxylic acids is 2. The van der Waals surface area contributed by atoms with Crippen molar-refractivity contribution in [2.24, 2.45) is 0 Å². The molecule has 1 aromatic carbocycles. The molecule has 0 fully saturated rings. The fourth-order valence-electron chi connectivity index (χ4n) is 2.06. The number of ether oxygens (including phenoxy) is 2. The van der Waals surface area contributed by atoms with E-state index in [2.05, 4.69) is 24.1 Å². The Morgan fingerprint density at radius 1 is 1.22 bits per heavy atom. The number of likely N-dealkylation sites (N-methyl/N-ethyl adjacent to an activating group) is 1. The van der Waals surface area contributed by atoms with Crippen LogP contribution >= 0.6 is 0 Å². The zero-order valence-corrected chi connectivity index (χ0v) is 14.1. The smallest absolute Gasteiger partial charge is 0.338 e. The molecule has 0 saturated carbocycles. The summed E-state index contributed by atoms with van der Waals surface area (Å²) in [5, 5.41) is 2.55. The van der Waals surface area contributed by atoms with Crippen LogP contribution in [0.4, 0.5) is 5.69 Å². The number of nitrogens with one attached hydrogen (secondary N) is 1. The number of benzene rings is 1. The number of esters is 1. The van der Waals surface area contributed by atoms with E-state index < -0.39 is 5.97 Å². The van der Waals surface area contributed by atoms with Crippen molar-refractivity contribution in [2.75, 3.05) is 38.2 Å². The van der Waals surface area contributed by atoms with E-state index in [-0.39, 0.29) is 0 Å². The van der Waals surface area contributed by atoms with Gasteiger partial charge in [0, 0.05) is 6.54 Å². The van der Waals surface area contributed by atoms with Gasteiger partial charge in [0.2, 0.25) is 6.41 Å². The van der Waals surface area contributed by atoms with Crippen molar-refractivity contribution < 1.29 is 19.1 Å². The van der Waals surface area contributed by atoms with E-state index in [1.807, 2.05) is 6.92 Å². The number of anilines is 1. The molecule has 128 valence electrons. The first-order chi connectivity index (χ1) is 11.2. The fraction of sp³-hybridized carbons (Fsp3) is 0.529. The predicted molar refractivity (Wildman–Crippen MR) is 90.0 cm³/mol. The Hall–Kier alpha value is -2.08. The molecule has 1 N–H and O–H groups in total. The lowest BCUT2D eigenvalue weighted by atomic mass is 10.2. The van der Waals surface area contributed by atoms with E-state index in [4.69, 9.17) is 9.47 Å². The van der Waals surface area contributed by atoms with Crippen LogP contribution in [0.15, 0.2) is 18.2 Å². The summed E-state index contributed by atoms with van der Waals surface area (Å²) >= 11 is 0. The van der Waals surface area contributed by atoms with Crippen molar-refractivity contribution in [1.82, 2.24) is 4.90 Å². The highest BCUT2D eigenvalue weighted by atomic mass is 16.5. The van der Waals surface area contributed by atoms with E-state index >= 15 is 0 Å². The topological polar surface area (TPSA) is 67.9 Å². The van der Waals surface area contributed by atoms with Crippen LogP contribution in [0.1, 0.15) is 37.6 Å². The van der Waals surface area contributed by atoms with Crippen LogP contribution < -0.4 is 10.1 Å². The molecule has 23 heavy (non-hydrogen) atoms. The molecule has 0 aliphatic heterocycles. The van der Waals surface area contributed by atoms with Gasteiger partial charge in [0.1, 0.15) is 12.4 Å². The molecule has 1 aromatic rings.